The van der Waals surface area contributed by atoms with E-state index in [0.29, 0.717) is 16.6 Å². The molecule has 0 N–H and O–H groups in total. The van der Waals surface area contributed by atoms with E-state index in [4.69, 9.17) is 16.3 Å². The Balaban J connectivity index is 2.25. The molecule has 0 aromatic carbocycles. The third kappa shape index (κ3) is 2.00. The van der Waals surface area contributed by atoms with Crippen molar-refractivity contribution >= 4 is 17.6 Å². The molecule has 104 valence electrons. The zero-order chi connectivity index (χ0) is 14.3. The largest absolute Gasteiger partial charge is 0.465 e. The van der Waals surface area contributed by atoms with Crippen molar-refractivity contribution in [1.82, 2.24) is 9.55 Å². The van der Waals surface area contributed by atoms with Gasteiger partial charge in [0, 0.05) is 29.7 Å². The first-order valence-corrected chi connectivity index (χ1v) is 6.92. The van der Waals surface area contributed by atoms with Gasteiger partial charge >= 0.3 is 5.97 Å². The summed E-state index contributed by atoms with van der Waals surface area (Å²) in [7, 11) is 1.37. The predicted octanol–water partition coefficient (Wildman–Crippen LogP) is 3.63. The van der Waals surface area contributed by atoms with Crippen molar-refractivity contribution in [1.29, 1.82) is 0 Å². The first-order chi connectivity index (χ1) is 9.65. The molecule has 1 aliphatic carbocycles. The number of aromatic nitrogens is 2. The maximum Gasteiger partial charge on any atom is 0.341 e. The lowest BCUT2D eigenvalue weighted by Gasteiger charge is -2.10. The second kappa shape index (κ2) is 4.94. The molecule has 0 radical (unpaired) electrons. The van der Waals surface area contributed by atoms with Crippen molar-refractivity contribution in [2.75, 3.05) is 7.11 Å². The molecule has 20 heavy (non-hydrogen) atoms. The summed E-state index contributed by atoms with van der Waals surface area (Å²) in [4.78, 5) is 16.1. The van der Waals surface area contributed by atoms with Crippen LogP contribution in [0.2, 0.25) is 5.02 Å². The van der Waals surface area contributed by atoms with E-state index in [9.17, 15) is 4.79 Å². The highest BCUT2D eigenvalue weighted by molar-refractivity contribution is 6.36. The number of esters is 1. The number of carbonyl (C=O) groups is 1. The molecular weight excluding hydrogens is 276 g/mol. The van der Waals surface area contributed by atoms with Crippen LogP contribution in [0.15, 0.2) is 24.5 Å². The van der Waals surface area contributed by atoms with Gasteiger partial charge in [0.25, 0.3) is 0 Å². The van der Waals surface area contributed by atoms with Gasteiger partial charge in [-0.2, -0.15) is 0 Å². The minimum Gasteiger partial charge on any atom is -0.465 e. The molecule has 2 aromatic heterocycles. The van der Waals surface area contributed by atoms with Gasteiger partial charge in [0.05, 0.1) is 23.4 Å². The summed E-state index contributed by atoms with van der Waals surface area (Å²) in [6.45, 7) is 1.91. The molecule has 0 amide bonds. The molecule has 0 bridgehead atoms. The molecule has 0 spiro atoms. The number of rotatable bonds is 3. The summed E-state index contributed by atoms with van der Waals surface area (Å²) in [5, 5.41) is 0.453. The molecule has 1 aliphatic rings. The van der Waals surface area contributed by atoms with Crippen LogP contribution in [0.25, 0.3) is 11.3 Å². The van der Waals surface area contributed by atoms with E-state index in [1.165, 1.54) is 7.11 Å². The zero-order valence-corrected chi connectivity index (χ0v) is 12.1. The fourth-order valence-electron chi connectivity index (χ4n) is 2.57. The number of ether oxygens (including phenoxy) is 1. The number of hydrogen-bond donors (Lipinski definition) is 0. The second-order valence-corrected chi connectivity index (χ2v) is 5.34. The van der Waals surface area contributed by atoms with Crippen LogP contribution >= 0.6 is 11.6 Å². The van der Waals surface area contributed by atoms with Crippen molar-refractivity contribution in [3.63, 3.8) is 0 Å². The van der Waals surface area contributed by atoms with Gasteiger partial charge < -0.3 is 9.30 Å². The predicted molar refractivity (Wildman–Crippen MR) is 77.0 cm³/mol. The normalized spacial score (nSPS) is 14.3. The summed E-state index contributed by atoms with van der Waals surface area (Å²) in [5.74, 6) is -0.392. The molecular formula is C15H15ClN2O2. The number of pyridine rings is 1. The van der Waals surface area contributed by atoms with Crippen LogP contribution in [0.3, 0.4) is 0 Å². The van der Waals surface area contributed by atoms with E-state index in [-0.39, 0.29) is 0 Å². The number of carbonyl (C=O) groups excluding carboxylic acids is 1. The van der Waals surface area contributed by atoms with Crippen LogP contribution in [0.1, 0.15) is 34.9 Å². The molecule has 2 heterocycles. The van der Waals surface area contributed by atoms with Crippen molar-refractivity contribution in [3.05, 3.63) is 40.8 Å². The van der Waals surface area contributed by atoms with Crippen LogP contribution in [0.5, 0.6) is 0 Å². The molecule has 0 unspecified atom stereocenters. The maximum absolute atomic E-state index is 12.0. The summed E-state index contributed by atoms with van der Waals surface area (Å²) in [5.41, 5.74) is 3.10. The van der Waals surface area contributed by atoms with Crippen LogP contribution in [0, 0.1) is 6.92 Å². The second-order valence-electron chi connectivity index (χ2n) is 4.96. The van der Waals surface area contributed by atoms with Crippen molar-refractivity contribution in [2.24, 2.45) is 0 Å². The third-order valence-electron chi connectivity index (χ3n) is 3.63. The lowest BCUT2D eigenvalue weighted by atomic mass is 10.2. The van der Waals surface area contributed by atoms with Gasteiger partial charge in [-0.25, -0.2) is 4.79 Å². The lowest BCUT2D eigenvalue weighted by molar-refractivity contribution is 0.0600. The number of hydrogen-bond acceptors (Lipinski definition) is 3. The Bertz CT molecular complexity index is 660. The first-order valence-electron chi connectivity index (χ1n) is 6.54. The Morgan fingerprint density at radius 2 is 2.25 bits per heavy atom. The van der Waals surface area contributed by atoms with Crippen LogP contribution < -0.4 is 0 Å². The maximum atomic E-state index is 12.0. The first kappa shape index (κ1) is 13.2. The van der Waals surface area contributed by atoms with Crippen LogP contribution in [-0.2, 0) is 4.74 Å². The van der Waals surface area contributed by atoms with Gasteiger partial charge in [-0.1, -0.05) is 11.6 Å². The van der Waals surface area contributed by atoms with E-state index in [2.05, 4.69) is 9.55 Å². The molecule has 0 aliphatic heterocycles. The standard InChI is InChI=1S/C15H15ClN2O2/c1-9-12(15(19)20-2)13(16)14(18(9)11-5-6-11)10-4-3-7-17-8-10/h3-4,7-8,11H,5-6H2,1-2H3. The van der Waals surface area contributed by atoms with Crippen LogP contribution in [0.4, 0.5) is 0 Å². The van der Waals surface area contributed by atoms with E-state index in [1.54, 1.807) is 12.4 Å². The number of nitrogens with zero attached hydrogens (tertiary/aromatic N) is 2. The average Bonchev–Trinajstić information content (AvgIpc) is 3.25. The Morgan fingerprint density at radius 3 is 2.80 bits per heavy atom. The number of halogens is 1. The van der Waals surface area contributed by atoms with Gasteiger partial charge in [0.2, 0.25) is 0 Å². The smallest absolute Gasteiger partial charge is 0.341 e. The molecule has 0 atom stereocenters. The quantitative estimate of drug-likeness (QED) is 0.811. The van der Waals surface area contributed by atoms with Crippen molar-refractivity contribution in [3.8, 4) is 11.3 Å². The fourth-order valence-corrected chi connectivity index (χ4v) is 2.98. The Kier molecular flexibility index (Phi) is 3.26. The Labute approximate surface area is 122 Å². The molecule has 3 rings (SSSR count). The highest BCUT2D eigenvalue weighted by Crippen LogP contribution is 2.45. The molecule has 1 saturated carbocycles. The summed E-state index contributed by atoms with van der Waals surface area (Å²) < 4.78 is 6.99. The van der Waals surface area contributed by atoms with Gasteiger partial charge in [-0.15, -0.1) is 0 Å². The lowest BCUT2D eigenvalue weighted by Crippen LogP contribution is -2.05. The molecule has 0 saturated heterocycles. The molecule has 5 heteroatoms. The Hall–Kier alpha value is -1.81. The highest BCUT2D eigenvalue weighted by Gasteiger charge is 2.33. The minimum atomic E-state index is -0.392. The molecule has 1 fully saturated rings. The molecule has 4 nitrogen and oxygen atoms in total. The van der Waals surface area contributed by atoms with Crippen molar-refractivity contribution in [2.45, 2.75) is 25.8 Å². The summed E-state index contributed by atoms with van der Waals surface area (Å²) in [6.07, 6.45) is 5.70. The highest BCUT2D eigenvalue weighted by atomic mass is 35.5. The SMILES string of the molecule is COC(=O)c1c(Cl)c(-c2cccnc2)n(C2CC2)c1C. The van der Waals surface area contributed by atoms with E-state index < -0.39 is 5.97 Å². The van der Waals surface area contributed by atoms with Gasteiger partial charge in [0.1, 0.15) is 0 Å². The third-order valence-corrected chi connectivity index (χ3v) is 4.00. The fraction of sp³-hybridized carbons (Fsp3) is 0.333. The minimum absolute atomic E-state index is 0.392. The number of methoxy groups -OCH3 is 1. The van der Waals surface area contributed by atoms with Crippen LogP contribution in [-0.4, -0.2) is 22.6 Å². The zero-order valence-electron chi connectivity index (χ0n) is 11.4. The average molecular weight is 291 g/mol. The topological polar surface area (TPSA) is 44.1 Å². The van der Waals surface area contributed by atoms with E-state index in [1.807, 2.05) is 19.1 Å². The van der Waals surface area contributed by atoms with E-state index in [0.717, 1.165) is 29.8 Å². The van der Waals surface area contributed by atoms with E-state index >= 15 is 0 Å². The monoisotopic (exact) mass is 290 g/mol. The Morgan fingerprint density at radius 1 is 1.50 bits per heavy atom. The van der Waals surface area contributed by atoms with Crippen molar-refractivity contribution < 1.29 is 9.53 Å². The summed E-state index contributed by atoms with van der Waals surface area (Å²) >= 11 is 6.47. The van der Waals surface area contributed by atoms with Gasteiger partial charge in [-0.05, 0) is 31.9 Å². The summed E-state index contributed by atoms with van der Waals surface area (Å²) in [6, 6.07) is 4.23. The van der Waals surface area contributed by atoms with Gasteiger partial charge in [-0.3, -0.25) is 4.98 Å². The van der Waals surface area contributed by atoms with Gasteiger partial charge in [0.15, 0.2) is 0 Å². The molecule has 2 aromatic rings.